The van der Waals surface area contributed by atoms with E-state index in [9.17, 15) is 14.4 Å². The summed E-state index contributed by atoms with van der Waals surface area (Å²) in [5, 5.41) is 0. The average Bonchev–Trinajstić information content (AvgIpc) is 3.43. The second-order valence-electron chi connectivity index (χ2n) is 22.4. The number of ether oxygens (including phenoxy) is 3. The Hall–Kier alpha value is -3.15. The van der Waals surface area contributed by atoms with Crippen LogP contribution in [0.2, 0.25) is 0 Å². The molecule has 446 valence electrons. The van der Waals surface area contributed by atoms with Crippen LogP contribution in [0.1, 0.15) is 342 Å². The van der Waals surface area contributed by atoms with Gasteiger partial charge in [-0.25, -0.2) is 0 Å². The van der Waals surface area contributed by atoms with Crippen molar-refractivity contribution in [1.29, 1.82) is 0 Å². The molecule has 0 spiro atoms. The fourth-order valence-electron chi connectivity index (χ4n) is 9.59. The molecule has 0 aromatic carbocycles. The van der Waals surface area contributed by atoms with Gasteiger partial charge in [-0.15, -0.1) is 0 Å². The highest BCUT2D eigenvalue weighted by molar-refractivity contribution is 5.71. The first-order valence-electron chi connectivity index (χ1n) is 33.4. The molecule has 0 aromatic heterocycles. The fourth-order valence-corrected chi connectivity index (χ4v) is 9.59. The Kier molecular flexibility index (Phi) is 62.7. The third-order valence-corrected chi connectivity index (χ3v) is 14.7. The van der Waals surface area contributed by atoms with Crippen molar-refractivity contribution in [1.82, 2.24) is 0 Å². The number of unbranched alkanes of at least 4 members (excludes halogenated alkanes) is 38. The molecular formula is C71H126O6. The summed E-state index contributed by atoms with van der Waals surface area (Å²) in [4.78, 5) is 38.4. The van der Waals surface area contributed by atoms with Crippen LogP contribution >= 0.6 is 0 Å². The van der Waals surface area contributed by atoms with Crippen molar-refractivity contribution in [3.05, 3.63) is 72.9 Å². The molecule has 0 aliphatic carbocycles. The first-order chi connectivity index (χ1) is 38.0. The first kappa shape index (κ1) is 73.8. The molecule has 0 aromatic rings. The first-order valence-corrected chi connectivity index (χ1v) is 33.4. The molecular weight excluding hydrogens is 949 g/mol. The minimum absolute atomic E-state index is 0.0875. The van der Waals surface area contributed by atoms with Crippen molar-refractivity contribution < 1.29 is 28.6 Å². The molecule has 0 aliphatic heterocycles. The van der Waals surface area contributed by atoms with Crippen molar-refractivity contribution >= 4 is 17.9 Å². The van der Waals surface area contributed by atoms with Gasteiger partial charge in [0.1, 0.15) is 13.2 Å². The Morgan fingerprint density at radius 2 is 0.468 bits per heavy atom. The van der Waals surface area contributed by atoms with E-state index >= 15 is 0 Å². The van der Waals surface area contributed by atoms with Crippen molar-refractivity contribution in [2.75, 3.05) is 13.2 Å². The van der Waals surface area contributed by atoms with Crippen LogP contribution in [0.3, 0.4) is 0 Å². The van der Waals surface area contributed by atoms with E-state index in [-0.39, 0.29) is 31.1 Å². The zero-order valence-corrected chi connectivity index (χ0v) is 51.2. The third-order valence-electron chi connectivity index (χ3n) is 14.7. The van der Waals surface area contributed by atoms with E-state index in [1.54, 1.807) is 0 Å². The van der Waals surface area contributed by atoms with Gasteiger partial charge in [-0.2, -0.15) is 0 Å². The van der Waals surface area contributed by atoms with E-state index in [2.05, 4.69) is 93.7 Å². The number of hydrogen-bond acceptors (Lipinski definition) is 6. The molecule has 6 heteroatoms. The number of hydrogen-bond donors (Lipinski definition) is 0. The quantitative estimate of drug-likeness (QED) is 0.0261. The van der Waals surface area contributed by atoms with E-state index in [4.69, 9.17) is 14.2 Å². The predicted molar refractivity (Wildman–Crippen MR) is 335 cm³/mol. The summed E-state index contributed by atoms with van der Waals surface area (Å²) < 4.78 is 16.9. The lowest BCUT2D eigenvalue weighted by atomic mass is 10.0. The van der Waals surface area contributed by atoms with Gasteiger partial charge in [0.05, 0.1) is 0 Å². The van der Waals surface area contributed by atoms with Gasteiger partial charge in [-0.05, 0) is 116 Å². The molecule has 0 bridgehead atoms. The molecule has 0 amide bonds. The summed E-state index contributed by atoms with van der Waals surface area (Å²) >= 11 is 0. The largest absolute Gasteiger partial charge is 0.462 e. The lowest BCUT2D eigenvalue weighted by Gasteiger charge is -2.18. The predicted octanol–water partition coefficient (Wildman–Crippen LogP) is 22.9. The van der Waals surface area contributed by atoms with Crippen molar-refractivity contribution in [2.24, 2.45) is 0 Å². The second-order valence-corrected chi connectivity index (χ2v) is 22.4. The van der Waals surface area contributed by atoms with E-state index in [1.807, 2.05) is 0 Å². The zero-order chi connectivity index (χ0) is 55.7. The van der Waals surface area contributed by atoms with Gasteiger partial charge < -0.3 is 14.2 Å². The number of carbonyl (C=O) groups is 3. The number of rotatable bonds is 61. The monoisotopic (exact) mass is 1070 g/mol. The second kappa shape index (κ2) is 65.4. The van der Waals surface area contributed by atoms with E-state index in [0.717, 1.165) is 83.5 Å². The molecule has 0 N–H and O–H groups in total. The van der Waals surface area contributed by atoms with Crippen molar-refractivity contribution in [2.45, 2.75) is 348 Å². The molecule has 0 fully saturated rings. The lowest BCUT2D eigenvalue weighted by Crippen LogP contribution is -2.30. The summed E-state index contributed by atoms with van der Waals surface area (Å²) in [6, 6.07) is 0. The minimum Gasteiger partial charge on any atom is -0.462 e. The molecule has 6 nitrogen and oxygen atoms in total. The summed E-state index contributed by atoms with van der Waals surface area (Å²) in [7, 11) is 0. The Bertz CT molecular complexity index is 1420. The van der Waals surface area contributed by atoms with Crippen LogP contribution in [0.25, 0.3) is 0 Å². The molecule has 77 heavy (non-hydrogen) atoms. The van der Waals surface area contributed by atoms with Crippen LogP contribution in [0.4, 0.5) is 0 Å². The minimum atomic E-state index is -0.795. The maximum absolute atomic E-state index is 12.9. The topological polar surface area (TPSA) is 78.9 Å². The highest BCUT2D eigenvalue weighted by atomic mass is 16.6. The van der Waals surface area contributed by atoms with Gasteiger partial charge in [0, 0.05) is 19.3 Å². The number of carbonyl (C=O) groups excluding carboxylic acids is 3. The van der Waals surface area contributed by atoms with Crippen molar-refractivity contribution in [3.63, 3.8) is 0 Å². The van der Waals surface area contributed by atoms with Gasteiger partial charge in [0.15, 0.2) is 6.10 Å². The molecule has 0 aliphatic rings. The average molecular weight is 1080 g/mol. The van der Waals surface area contributed by atoms with E-state index in [0.29, 0.717) is 19.3 Å². The van der Waals surface area contributed by atoms with Crippen LogP contribution in [-0.2, 0) is 28.6 Å². The maximum atomic E-state index is 12.9. The molecule has 0 saturated carbocycles. The number of esters is 3. The van der Waals surface area contributed by atoms with Crippen LogP contribution < -0.4 is 0 Å². The molecule has 1 atom stereocenters. The Labute approximate surface area is 478 Å². The van der Waals surface area contributed by atoms with Crippen LogP contribution in [0, 0.1) is 0 Å². The smallest absolute Gasteiger partial charge is 0.306 e. The fraction of sp³-hybridized carbons (Fsp3) is 0.789. The SMILES string of the molecule is CCCCC/C=C\C/C=C\C/C=C\C/C=C\CCCCCC(=O)O[C@@H](COC(=O)CCCCCCCCCCC/C=C\CCCCCCCC)COC(=O)CCCCCCCCCCCCC/C=C\CCCCCCCC. The van der Waals surface area contributed by atoms with Gasteiger partial charge in [0.25, 0.3) is 0 Å². The van der Waals surface area contributed by atoms with Gasteiger partial charge >= 0.3 is 17.9 Å². The lowest BCUT2D eigenvalue weighted by molar-refractivity contribution is -0.167. The zero-order valence-electron chi connectivity index (χ0n) is 51.2. The Balaban J connectivity index is 4.41. The molecule has 0 unspecified atom stereocenters. The highest BCUT2D eigenvalue weighted by Gasteiger charge is 2.19. The normalized spacial score (nSPS) is 12.5. The van der Waals surface area contributed by atoms with Crippen molar-refractivity contribution in [3.8, 4) is 0 Å². The summed E-state index contributed by atoms with van der Waals surface area (Å²) in [6.45, 7) is 6.62. The summed E-state index contributed by atoms with van der Waals surface area (Å²) in [5.41, 5.74) is 0. The van der Waals surface area contributed by atoms with Crippen LogP contribution in [0.5, 0.6) is 0 Å². The molecule has 0 heterocycles. The van der Waals surface area contributed by atoms with Gasteiger partial charge in [0.2, 0.25) is 0 Å². The van der Waals surface area contributed by atoms with Crippen LogP contribution in [0.15, 0.2) is 72.9 Å². The van der Waals surface area contributed by atoms with E-state index < -0.39 is 6.10 Å². The standard InChI is InChI=1S/C71H126O6/c1-4-7-10-13-16-19-22-25-28-31-34-35-38-40-43-46-49-52-55-58-61-64-70(73)76-67-68(77-71(74)65-62-59-56-53-50-47-44-41-37-33-30-27-24-21-18-15-12-9-6-3)66-75-69(72)63-60-57-54-51-48-45-42-39-36-32-29-26-23-20-17-14-11-8-5-2/h18,21,25-30,37,41,47,50,68H,4-17,19-20,22-24,31-36,38-40,42-46,48-49,51-67H2,1-3H3/b21-18-,28-25-,29-26-,30-27-,41-37-,50-47-/t68-/m0/s1. The van der Waals surface area contributed by atoms with Crippen LogP contribution in [-0.4, -0.2) is 37.2 Å². The maximum Gasteiger partial charge on any atom is 0.306 e. The Morgan fingerprint density at radius 1 is 0.260 bits per heavy atom. The summed E-state index contributed by atoms with van der Waals surface area (Å²) in [6.07, 6.45) is 84.8. The third kappa shape index (κ3) is 63.6. The van der Waals surface area contributed by atoms with E-state index in [1.165, 1.54) is 218 Å². The molecule has 0 saturated heterocycles. The molecule has 0 rings (SSSR count). The summed E-state index contributed by atoms with van der Waals surface area (Å²) in [5.74, 6) is -0.904. The number of allylic oxidation sites excluding steroid dienone is 12. The Morgan fingerprint density at radius 3 is 0.779 bits per heavy atom. The van der Waals surface area contributed by atoms with Gasteiger partial charge in [-0.3, -0.25) is 14.4 Å². The highest BCUT2D eigenvalue weighted by Crippen LogP contribution is 2.16. The van der Waals surface area contributed by atoms with Gasteiger partial charge in [-0.1, -0.05) is 280 Å². The molecule has 0 radical (unpaired) electrons.